The summed E-state index contributed by atoms with van der Waals surface area (Å²) in [7, 11) is 0. The highest BCUT2D eigenvalue weighted by atomic mass is 35.5. The highest BCUT2D eigenvalue weighted by Gasteiger charge is 2.20. The summed E-state index contributed by atoms with van der Waals surface area (Å²) in [6.45, 7) is 3.48. The predicted octanol–water partition coefficient (Wildman–Crippen LogP) is 10.4. The Kier molecular flexibility index (Phi) is 15.7. The van der Waals surface area contributed by atoms with E-state index in [2.05, 4.69) is 22.7 Å². The topological polar surface area (TPSA) is 102 Å². The van der Waals surface area contributed by atoms with Gasteiger partial charge in [0, 0.05) is 35.7 Å². The summed E-state index contributed by atoms with van der Waals surface area (Å²) in [5.41, 5.74) is 1.06. The fourth-order valence-electron chi connectivity index (χ4n) is 5.00. The molecule has 3 aromatic rings. The number of hydrogen-bond donors (Lipinski definition) is 2. The molecule has 8 nitrogen and oxygen atoms in total. The van der Waals surface area contributed by atoms with Crippen LogP contribution in [0.5, 0.6) is 5.88 Å². The summed E-state index contributed by atoms with van der Waals surface area (Å²) in [5.74, 6) is -1.07. The molecular formula is C34H43Cl3N4O4. The molecular weight excluding hydrogens is 635 g/mol. The highest BCUT2D eigenvalue weighted by molar-refractivity contribution is 6.40. The Hall–Kier alpha value is -3.07. The molecule has 2 N–H and O–H groups in total. The van der Waals surface area contributed by atoms with Crippen molar-refractivity contribution in [3.63, 3.8) is 0 Å². The first kappa shape index (κ1) is 36.4. The largest absolute Gasteiger partial charge is 0.407 e. The highest BCUT2D eigenvalue weighted by Crippen LogP contribution is 2.35. The van der Waals surface area contributed by atoms with E-state index in [0.717, 1.165) is 19.3 Å². The van der Waals surface area contributed by atoms with Crippen molar-refractivity contribution in [1.29, 1.82) is 0 Å². The van der Waals surface area contributed by atoms with Gasteiger partial charge in [-0.25, -0.2) is 0 Å². The first-order valence-electron chi connectivity index (χ1n) is 15.8. The van der Waals surface area contributed by atoms with Crippen LogP contribution in [0, 0.1) is 0 Å². The number of anilines is 2. The molecule has 0 aliphatic heterocycles. The molecule has 0 saturated carbocycles. The van der Waals surface area contributed by atoms with E-state index >= 15 is 0 Å². The molecule has 1 aromatic heterocycles. The van der Waals surface area contributed by atoms with Crippen molar-refractivity contribution in [2.24, 2.45) is 0 Å². The van der Waals surface area contributed by atoms with Crippen LogP contribution in [0.4, 0.5) is 11.5 Å². The second-order valence-electron chi connectivity index (χ2n) is 11.2. The fraction of sp³-hybridized carbons (Fsp3) is 0.471. The lowest BCUT2D eigenvalue weighted by molar-refractivity contribution is -0.132. The molecule has 0 spiro atoms. The molecule has 0 radical (unpaired) electrons. The van der Waals surface area contributed by atoms with Gasteiger partial charge in [0.05, 0.1) is 10.0 Å². The van der Waals surface area contributed by atoms with E-state index in [0.29, 0.717) is 22.7 Å². The molecule has 2 aromatic carbocycles. The molecule has 0 aliphatic carbocycles. The molecule has 11 heteroatoms. The summed E-state index contributed by atoms with van der Waals surface area (Å²) in [4.78, 5) is 37.3. The number of benzene rings is 2. The third-order valence-corrected chi connectivity index (χ3v) is 8.07. The number of unbranched alkanes of at least 4 members (excludes halogenated alkanes) is 12. The maximum absolute atomic E-state index is 13.1. The molecule has 0 aliphatic rings. The van der Waals surface area contributed by atoms with Gasteiger partial charge < -0.3 is 15.4 Å². The zero-order valence-electron chi connectivity index (χ0n) is 26.1. The van der Waals surface area contributed by atoms with Crippen LogP contribution in [-0.2, 0) is 9.59 Å². The van der Waals surface area contributed by atoms with Gasteiger partial charge in [0.15, 0.2) is 5.82 Å². The quantitative estimate of drug-likeness (QED) is 0.0971. The van der Waals surface area contributed by atoms with Crippen molar-refractivity contribution >= 4 is 64.1 Å². The zero-order valence-corrected chi connectivity index (χ0v) is 28.4. The first-order chi connectivity index (χ1) is 21.7. The van der Waals surface area contributed by atoms with Crippen molar-refractivity contribution in [3.05, 3.63) is 63.1 Å². The summed E-state index contributed by atoms with van der Waals surface area (Å²) < 4.78 is 6.48. The number of carbonyl (C=O) groups excluding carboxylic acids is 3. The molecule has 3 rings (SSSR count). The number of carbonyl (C=O) groups is 3. The molecule has 45 heavy (non-hydrogen) atoms. The van der Waals surface area contributed by atoms with Crippen LogP contribution in [0.3, 0.4) is 0 Å². The van der Waals surface area contributed by atoms with E-state index in [1.165, 1.54) is 94.0 Å². The van der Waals surface area contributed by atoms with Crippen LogP contribution < -0.4 is 15.4 Å². The van der Waals surface area contributed by atoms with Gasteiger partial charge >= 0.3 is 5.97 Å². The third kappa shape index (κ3) is 12.7. The Morgan fingerprint density at radius 3 is 1.93 bits per heavy atom. The van der Waals surface area contributed by atoms with E-state index in [1.807, 2.05) is 0 Å². The van der Waals surface area contributed by atoms with Gasteiger partial charge in [0.2, 0.25) is 11.8 Å². The minimum Gasteiger partial charge on any atom is -0.407 e. The molecule has 1 heterocycles. The van der Waals surface area contributed by atoms with E-state index in [4.69, 9.17) is 39.5 Å². The van der Waals surface area contributed by atoms with Crippen molar-refractivity contribution in [3.8, 4) is 11.6 Å². The average molecular weight is 678 g/mol. The number of rotatable bonds is 19. The minimum absolute atomic E-state index is 0.00176. The lowest BCUT2D eigenvalue weighted by Crippen LogP contribution is -2.15. The molecule has 0 atom stereocenters. The number of amides is 2. The molecule has 0 saturated heterocycles. The average Bonchev–Trinajstić information content (AvgIpc) is 3.35. The van der Waals surface area contributed by atoms with Gasteiger partial charge in [-0.05, 0) is 36.8 Å². The number of esters is 1. The lowest BCUT2D eigenvalue weighted by Gasteiger charge is -2.10. The van der Waals surface area contributed by atoms with Crippen LogP contribution in [-0.4, -0.2) is 27.6 Å². The van der Waals surface area contributed by atoms with Crippen LogP contribution in [0.1, 0.15) is 114 Å². The Morgan fingerprint density at radius 1 is 0.778 bits per heavy atom. The molecule has 2 amide bonds. The number of aromatic nitrogens is 2. The van der Waals surface area contributed by atoms with Gasteiger partial charge in [0.1, 0.15) is 5.69 Å². The first-order valence-corrected chi connectivity index (χ1v) is 17.0. The van der Waals surface area contributed by atoms with E-state index in [-0.39, 0.29) is 33.3 Å². The maximum Gasteiger partial charge on any atom is 0.309 e. The summed E-state index contributed by atoms with van der Waals surface area (Å²) >= 11 is 18.7. The minimum atomic E-state index is -0.600. The van der Waals surface area contributed by atoms with E-state index in [1.54, 1.807) is 24.3 Å². The van der Waals surface area contributed by atoms with Crippen molar-refractivity contribution in [2.45, 2.75) is 104 Å². The lowest BCUT2D eigenvalue weighted by atomic mass is 10.0. The number of ether oxygens (including phenoxy) is 1. The summed E-state index contributed by atoms with van der Waals surface area (Å²) in [6, 6.07) is 11.0. The number of nitrogens with zero attached hydrogens (tertiary/aromatic N) is 2. The molecule has 0 fully saturated rings. The van der Waals surface area contributed by atoms with Crippen LogP contribution in [0.15, 0.2) is 42.5 Å². The normalized spacial score (nSPS) is 11.0. The van der Waals surface area contributed by atoms with Gasteiger partial charge in [-0.3, -0.25) is 14.4 Å². The van der Waals surface area contributed by atoms with Gasteiger partial charge in [-0.1, -0.05) is 125 Å². The predicted molar refractivity (Wildman–Crippen MR) is 183 cm³/mol. The van der Waals surface area contributed by atoms with Crippen LogP contribution in [0.2, 0.25) is 15.1 Å². The fourth-order valence-corrected chi connectivity index (χ4v) is 5.97. The molecule has 0 bridgehead atoms. The van der Waals surface area contributed by atoms with E-state index < -0.39 is 11.9 Å². The van der Waals surface area contributed by atoms with Crippen molar-refractivity contribution < 1.29 is 19.1 Å². The van der Waals surface area contributed by atoms with Gasteiger partial charge in [0.25, 0.3) is 5.91 Å². The van der Waals surface area contributed by atoms with Crippen LogP contribution >= 0.6 is 34.8 Å². The summed E-state index contributed by atoms with van der Waals surface area (Å²) in [6.07, 6.45) is 16.7. The van der Waals surface area contributed by atoms with Gasteiger partial charge in [-0.2, -0.15) is 4.68 Å². The maximum atomic E-state index is 13.1. The Balaban J connectivity index is 1.46. The number of hydrogen-bond acceptors (Lipinski definition) is 5. The second kappa shape index (κ2) is 19.4. The van der Waals surface area contributed by atoms with Crippen LogP contribution in [0.25, 0.3) is 5.69 Å². The van der Waals surface area contributed by atoms with Crippen molar-refractivity contribution in [1.82, 2.24) is 9.78 Å². The SMILES string of the molecule is CCCCCCCCCCCCCCCC(=O)Nc1cccc(C(=O)Nc2cc(OC(C)=O)n(-c3c(Cl)cc(Cl)cc3Cl)n2)c1. The zero-order chi connectivity index (χ0) is 32.6. The summed E-state index contributed by atoms with van der Waals surface area (Å²) in [5, 5.41) is 10.6. The van der Waals surface area contributed by atoms with Gasteiger partial charge in [-0.15, -0.1) is 5.10 Å². The van der Waals surface area contributed by atoms with Crippen molar-refractivity contribution in [2.75, 3.05) is 10.6 Å². The smallest absolute Gasteiger partial charge is 0.309 e. The standard InChI is InChI=1S/C34H43Cl3N4O4/c1-3-4-5-6-7-8-9-10-11-12-13-14-15-19-31(43)38-27-18-16-17-25(20-27)34(44)39-30-23-32(45-24(2)42)41(40-30)33-28(36)21-26(35)22-29(33)37/h16-18,20-23H,3-15,19H2,1-2H3,(H,38,43)(H,39,40,44). The Morgan fingerprint density at radius 2 is 1.36 bits per heavy atom. The Labute approximate surface area is 281 Å². The molecule has 244 valence electrons. The molecule has 0 unspecified atom stereocenters. The Bertz CT molecular complexity index is 1400. The number of halogens is 3. The second-order valence-corrected chi connectivity index (χ2v) is 12.4. The van der Waals surface area contributed by atoms with E-state index in [9.17, 15) is 14.4 Å². The number of nitrogens with one attached hydrogen (secondary N) is 2. The monoisotopic (exact) mass is 676 g/mol. The third-order valence-electron chi connectivity index (χ3n) is 7.28.